The number of hydrogen-bond acceptors (Lipinski definition) is 4. The average Bonchev–Trinajstić information content (AvgIpc) is 2.28. The first-order valence-electron chi connectivity index (χ1n) is 4.71. The number of alkyl halides is 2. The third kappa shape index (κ3) is 2.86. The van der Waals surface area contributed by atoms with E-state index in [4.69, 9.17) is 0 Å². The summed E-state index contributed by atoms with van der Waals surface area (Å²) in [5.74, 6) is -2.72. The van der Waals surface area contributed by atoms with Gasteiger partial charge in [0.15, 0.2) is 23.0 Å². The molecule has 0 saturated heterocycles. The van der Waals surface area contributed by atoms with Crippen LogP contribution < -0.4 is 4.74 Å². The molecule has 1 aromatic heterocycles. The lowest BCUT2D eigenvalue weighted by Gasteiger charge is -2.09. The Balaban J connectivity index is 3.24. The summed E-state index contributed by atoms with van der Waals surface area (Å²) in [6.45, 7) is 1.57. The van der Waals surface area contributed by atoms with Gasteiger partial charge in [0.05, 0.1) is 13.7 Å². The molecule has 17 heavy (non-hydrogen) atoms. The molecule has 0 spiro atoms. The van der Waals surface area contributed by atoms with Crippen LogP contribution in [-0.4, -0.2) is 24.7 Å². The number of ether oxygens (including phenoxy) is 2. The van der Waals surface area contributed by atoms with Crippen molar-refractivity contribution in [2.75, 3.05) is 13.7 Å². The number of hydrogen-bond donors (Lipinski definition) is 0. The van der Waals surface area contributed by atoms with Crippen molar-refractivity contribution in [2.24, 2.45) is 0 Å². The Labute approximate surface area is 95.4 Å². The zero-order valence-electron chi connectivity index (χ0n) is 9.17. The van der Waals surface area contributed by atoms with Crippen molar-refractivity contribution in [1.82, 2.24) is 4.98 Å². The molecule has 0 radical (unpaired) electrons. The molecule has 0 saturated carbocycles. The van der Waals surface area contributed by atoms with Crippen molar-refractivity contribution in [3.05, 3.63) is 23.3 Å². The van der Waals surface area contributed by atoms with Crippen LogP contribution in [0.25, 0.3) is 0 Å². The highest BCUT2D eigenvalue weighted by atomic mass is 19.3. The minimum Gasteiger partial charge on any atom is -0.492 e. The van der Waals surface area contributed by atoms with Gasteiger partial charge in [-0.05, 0) is 6.92 Å². The Morgan fingerprint density at radius 3 is 2.65 bits per heavy atom. The highest BCUT2D eigenvalue weighted by Gasteiger charge is 2.23. The summed E-state index contributed by atoms with van der Waals surface area (Å²) in [6, 6.07) is 0.697. The molecule has 4 nitrogen and oxygen atoms in total. The zero-order chi connectivity index (χ0) is 13.0. The summed E-state index contributed by atoms with van der Waals surface area (Å²) in [5.41, 5.74) is -1.43. The van der Waals surface area contributed by atoms with Gasteiger partial charge in [0.25, 0.3) is 6.43 Å². The van der Waals surface area contributed by atoms with E-state index >= 15 is 0 Å². The summed E-state index contributed by atoms with van der Waals surface area (Å²) in [5, 5.41) is 0. The van der Waals surface area contributed by atoms with E-state index in [1.807, 2.05) is 0 Å². The quantitative estimate of drug-likeness (QED) is 0.768. The van der Waals surface area contributed by atoms with Crippen LogP contribution in [0.5, 0.6) is 5.75 Å². The fourth-order valence-electron chi connectivity index (χ4n) is 1.18. The van der Waals surface area contributed by atoms with Gasteiger partial charge in [-0.15, -0.1) is 0 Å². The van der Waals surface area contributed by atoms with Crippen LogP contribution in [0.15, 0.2) is 6.07 Å². The molecular weight excluding hydrogens is 239 g/mol. The van der Waals surface area contributed by atoms with E-state index in [0.29, 0.717) is 6.07 Å². The molecule has 1 heterocycles. The molecule has 0 fully saturated rings. The first-order chi connectivity index (χ1) is 8.01. The number of nitrogens with zero attached hydrogens (tertiary/aromatic N) is 1. The molecule has 0 bridgehead atoms. The fourth-order valence-corrected chi connectivity index (χ4v) is 1.18. The number of esters is 1. The van der Waals surface area contributed by atoms with E-state index in [-0.39, 0.29) is 6.61 Å². The summed E-state index contributed by atoms with van der Waals surface area (Å²) >= 11 is 0. The molecule has 0 amide bonds. The van der Waals surface area contributed by atoms with E-state index in [1.54, 1.807) is 0 Å². The predicted octanol–water partition coefficient (Wildman–Crippen LogP) is 2.34. The van der Waals surface area contributed by atoms with Crippen LogP contribution in [0.1, 0.15) is 29.5 Å². The normalized spacial score (nSPS) is 10.5. The lowest BCUT2D eigenvalue weighted by atomic mass is 10.2. The Bertz CT molecular complexity index is 424. The minimum atomic E-state index is -3.05. The third-order valence-electron chi connectivity index (χ3n) is 1.85. The Hall–Kier alpha value is -1.79. The van der Waals surface area contributed by atoms with Crippen LogP contribution in [0, 0.1) is 5.82 Å². The number of aromatic nitrogens is 1. The van der Waals surface area contributed by atoms with Gasteiger partial charge in [-0.3, -0.25) is 0 Å². The van der Waals surface area contributed by atoms with Crippen molar-refractivity contribution in [2.45, 2.75) is 13.3 Å². The lowest BCUT2D eigenvalue weighted by Crippen LogP contribution is -2.11. The smallest absolute Gasteiger partial charge is 0.357 e. The number of pyridine rings is 1. The maximum Gasteiger partial charge on any atom is 0.357 e. The van der Waals surface area contributed by atoms with E-state index in [9.17, 15) is 18.0 Å². The van der Waals surface area contributed by atoms with Crippen LogP contribution in [0.2, 0.25) is 0 Å². The van der Waals surface area contributed by atoms with Crippen molar-refractivity contribution >= 4 is 5.97 Å². The molecule has 0 aliphatic rings. The lowest BCUT2D eigenvalue weighted by molar-refractivity contribution is 0.0516. The summed E-state index contributed by atoms with van der Waals surface area (Å²) < 4.78 is 47.5. The third-order valence-corrected chi connectivity index (χ3v) is 1.85. The van der Waals surface area contributed by atoms with Gasteiger partial charge in [0, 0.05) is 6.07 Å². The molecule has 0 aromatic carbocycles. The molecule has 0 N–H and O–H groups in total. The van der Waals surface area contributed by atoms with Crippen molar-refractivity contribution in [3.63, 3.8) is 0 Å². The molecule has 1 rings (SSSR count). The molecule has 0 aliphatic carbocycles. The summed E-state index contributed by atoms with van der Waals surface area (Å²) in [4.78, 5) is 14.6. The minimum absolute atomic E-state index is 0.0399. The Kier molecular flexibility index (Phi) is 4.30. The number of rotatable bonds is 4. The molecule has 0 aliphatic heterocycles. The standard InChI is InChI=1S/C10H10F3NO3/c1-3-17-10(15)6-4-5(11)8(16-2)7(14-6)9(12)13/h4,9H,3H2,1-2H3. The topological polar surface area (TPSA) is 48.4 Å². The van der Waals surface area contributed by atoms with Crippen LogP contribution >= 0.6 is 0 Å². The number of carbonyl (C=O) groups is 1. The van der Waals surface area contributed by atoms with Gasteiger partial charge in [-0.1, -0.05) is 0 Å². The van der Waals surface area contributed by atoms with E-state index in [2.05, 4.69) is 14.5 Å². The highest BCUT2D eigenvalue weighted by Crippen LogP contribution is 2.30. The van der Waals surface area contributed by atoms with Gasteiger partial charge in [-0.2, -0.15) is 0 Å². The second kappa shape index (κ2) is 5.51. The van der Waals surface area contributed by atoms with Crippen molar-refractivity contribution in [1.29, 1.82) is 0 Å². The van der Waals surface area contributed by atoms with E-state index in [1.165, 1.54) is 6.92 Å². The number of carbonyl (C=O) groups excluding carboxylic acids is 1. The average molecular weight is 249 g/mol. The van der Waals surface area contributed by atoms with Gasteiger partial charge < -0.3 is 9.47 Å². The van der Waals surface area contributed by atoms with E-state index < -0.39 is 35.3 Å². The largest absolute Gasteiger partial charge is 0.492 e. The molecule has 7 heteroatoms. The molecular formula is C10H10F3NO3. The summed E-state index contributed by atoms with van der Waals surface area (Å²) in [6.07, 6.45) is -3.05. The van der Waals surface area contributed by atoms with Crippen molar-refractivity contribution in [3.8, 4) is 5.75 Å². The number of methoxy groups -OCH3 is 1. The maximum atomic E-state index is 13.4. The molecule has 1 aromatic rings. The molecule has 94 valence electrons. The van der Waals surface area contributed by atoms with Gasteiger partial charge in [0.2, 0.25) is 0 Å². The Morgan fingerprint density at radius 1 is 1.53 bits per heavy atom. The second-order valence-corrected chi connectivity index (χ2v) is 2.93. The fraction of sp³-hybridized carbons (Fsp3) is 0.400. The molecule has 0 atom stereocenters. The van der Waals surface area contributed by atoms with Crippen molar-refractivity contribution < 1.29 is 27.4 Å². The SMILES string of the molecule is CCOC(=O)c1cc(F)c(OC)c(C(F)F)n1. The van der Waals surface area contributed by atoms with Crippen LogP contribution in [-0.2, 0) is 4.74 Å². The maximum absolute atomic E-state index is 13.4. The predicted molar refractivity (Wildman–Crippen MR) is 51.7 cm³/mol. The Morgan fingerprint density at radius 2 is 2.18 bits per heavy atom. The van der Waals surface area contributed by atoms with Gasteiger partial charge >= 0.3 is 5.97 Å². The van der Waals surface area contributed by atoms with Gasteiger partial charge in [0.1, 0.15) is 0 Å². The molecule has 0 unspecified atom stereocenters. The van der Waals surface area contributed by atoms with Crippen LogP contribution in [0.3, 0.4) is 0 Å². The second-order valence-electron chi connectivity index (χ2n) is 2.93. The van der Waals surface area contributed by atoms with Gasteiger partial charge in [-0.25, -0.2) is 22.9 Å². The number of halogens is 3. The van der Waals surface area contributed by atoms with E-state index in [0.717, 1.165) is 7.11 Å². The first kappa shape index (κ1) is 13.3. The van der Waals surface area contributed by atoms with Crippen LogP contribution in [0.4, 0.5) is 13.2 Å². The zero-order valence-corrected chi connectivity index (χ0v) is 9.17. The first-order valence-corrected chi connectivity index (χ1v) is 4.71. The monoisotopic (exact) mass is 249 g/mol. The highest BCUT2D eigenvalue weighted by molar-refractivity contribution is 5.87. The summed E-state index contributed by atoms with van der Waals surface area (Å²) in [7, 11) is 1.04.